The molecule has 0 radical (unpaired) electrons. The van der Waals surface area contributed by atoms with Crippen molar-refractivity contribution in [2.75, 3.05) is 5.32 Å². The number of hydrogen-bond acceptors (Lipinski definition) is 4. The largest absolute Gasteiger partial charge is 0.481 e. The maximum atomic E-state index is 12.2. The van der Waals surface area contributed by atoms with Gasteiger partial charge in [-0.15, -0.1) is 11.3 Å². The number of aromatic nitrogens is 1. The number of carbonyl (C=O) groups excluding carboxylic acids is 1. The fraction of sp³-hybridized carbons (Fsp3) is 0.333. The summed E-state index contributed by atoms with van der Waals surface area (Å²) in [6.45, 7) is 5.81. The number of hydrogen-bond donors (Lipinski definition) is 1. The fourth-order valence-corrected chi connectivity index (χ4v) is 2.46. The Morgan fingerprint density at radius 1 is 1.45 bits per heavy atom. The first kappa shape index (κ1) is 14.5. The lowest BCUT2D eigenvalue weighted by Gasteiger charge is -2.16. The maximum Gasteiger partial charge on any atom is 0.267 e. The minimum atomic E-state index is -0.513. The lowest BCUT2D eigenvalue weighted by atomic mass is 10.2. The molecule has 106 valence electrons. The summed E-state index contributed by atoms with van der Waals surface area (Å²) in [6.07, 6.45) is 0.0884. The number of benzene rings is 1. The van der Waals surface area contributed by atoms with E-state index in [2.05, 4.69) is 10.3 Å². The Balaban J connectivity index is 2.02. The molecule has 0 unspecified atom stereocenters. The summed E-state index contributed by atoms with van der Waals surface area (Å²) in [5, 5.41) is 5.30. The standard InChI is InChI=1S/C15H18N2O2S/c1-4-13(19-12-7-5-6-10(2)8-12)14(18)17-15-16-11(3)9-20-15/h5-9,13H,4H2,1-3H3,(H,16,17,18)/t13-/m1/s1. The van der Waals surface area contributed by atoms with Crippen LogP contribution in [-0.4, -0.2) is 17.0 Å². The molecule has 0 saturated heterocycles. The highest BCUT2D eigenvalue weighted by molar-refractivity contribution is 7.13. The minimum absolute atomic E-state index is 0.164. The van der Waals surface area contributed by atoms with Crippen molar-refractivity contribution >= 4 is 22.4 Å². The molecule has 0 fully saturated rings. The van der Waals surface area contributed by atoms with Gasteiger partial charge in [0.05, 0.1) is 5.69 Å². The van der Waals surface area contributed by atoms with E-state index in [0.717, 1.165) is 11.3 Å². The second-order valence-corrected chi connectivity index (χ2v) is 5.47. The van der Waals surface area contributed by atoms with Crippen LogP contribution in [0.1, 0.15) is 24.6 Å². The Hall–Kier alpha value is -1.88. The van der Waals surface area contributed by atoms with Gasteiger partial charge in [-0.25, -0.2) is 4.98 Å². The zero-order valence-corrected chi connectivity index (χ0v) is 12.7. The maximum absolute atomic E-state index is 12.2. The molecule has 1 N–H and O–H groups in total. The third-order valence-corrected chi connectivity index (χ3v) is 3.66. The van der Waals surface area contributed by atoms with E-state index in [-0.39, 0.29) is 5.91 Å². The van der Waals surface area contributed by atoms with Gasteiger partial charge in [0.15, 0.2) is 11.2 Å². The summed E-state index contributed by atoms with van der Waals surface area (Å²) in [5.74, 6) is 0.547. The molecule has 0 aliphatic carbocycles. The average molecular weight is 290 g/mol. The van der Waals surface area contributed by atoms with Crippen LogP contribution in [0.4, 0.5) is 5.13 Å². The van der Waals surface area contributed by atoms with Gasteiger partial charge in [0, 0.05) is 5.38 Å². The second kappa shape index (κ2) is 6.52. The molecule has 0 saturated carbocycles. The van der Waals surface area contributed by atoms with E-state index in [1.54, 1.807) is 0 Å². The van der Waals surface area contributed by atoms with Gasteiger partial charge in [-0.05, 0) is 38.0 Å². The van der Waals surface area contributed by atoms with Crippen molar-refractivity contribution in [1.29, 1.82) is 0 Å². The first-order valence-corrected chi connectivity index (χ1v) is 7.42. The lowest BCUT2D eigenvalue weighted by Crippen LogP contribution is -2.32. The number of rotatable bonds is 5. The summed E-state index contributed by atoms with van der Waals surface area (Å²) in [6, 6.07) is 7.69. The summed E-state index contributed by atoms with van der Waals surface area (Å²) in [7, 11) is 0. The van der Waals surface area contributed by atoms with Gasteiger partial charge in [-0.3, -0.25) is 10.1 Å². The summed E-state index contributed by atoms with van der Waals surface area (Å²) >= 11 is 1.42. The Kier molecular flexibility index (Phi) is 4.74. The van der Waals surface area contributed by atoms with Gasteiger partial charge in [0.1, 0.15) is 5.75 Å². The molecule has 0 aliphatic heterocycles. The average Bonchev–Trinajstić information content (AvgIpc) is 2.81. The number of nitrogens with one attached hydrogen (secondary N) is 1. The normalized spacial score (nSPS) is 11.9. The van der Waals surface area contributed by atoms with Crippen molar-refractivity contribution < 1.29 is 9.53 Å². The quantitative estimate of drug-likeness (QED) is 0.916. The minimum Gasteiger partial charge on any atom is -0.481 e. The van der Waals surface area contributed by atoms with Crippen LogP contribution in [0.2, 0.25) is 0 Å². The van der Waals surface area contributed by atoms with Crippen LogP contribution in [0, 0.1) is 13.8 Å². The van der Waals surface area contributed by atoms with Gasteiger partial charge in [0.2, 0.25) is 0 Å². The summed E-state index contributed by atoms with van der Waals surface area (Å²) in [5.41, 5.74) is 2.01. The molecule has 0 spiro atoms. The van der Waals surface area contributed by atoms with Crippen LogP contribution in [0.5, 0.6) is 5.75 Å². The smallest absolute Gasteiger partial charge is 0.267 e. The molecule has 2 rings (SSSR count). The van der Waals surface area contributed by atoms with E-state index >= 15 is 0 Å². The molecule has 0 aliphatic rings. The number of nitrogens with zero attached hydrogens (tertiary/aromatic N) is 1. The molecule has 20 heavy (non-hydrogen) atoms. The van der Waals surface area contributed by atoms with Crippen LogP contribution in [0.3, 0.4) is 0 Å². The number of anilines is 1. The first-order valence-electron chi connectivity index (χ1n) is 6.55. The van der Waals surface area contributed by atoms with Crippen molar-refractivity contribution in [3.8, 4) is 5.75 Å². The van der Waals surface area contributed by atoms with E-state index in [1.807, 2.05) is 50.4 Å². The molecule has 1 amide bonds. The number of aryl methyl sites for hydroxylation is 2. The number of thiazole rings is 1. The molecule has 5 heteroatoms. The van der Waals surface area contributed by atoms with Crippen LogP contribution < -0.4 is 10.1 Å². The third kappa shape index (κ3) is 3.81. The molecule has 1 aromatic carbocycles. The predicted octanol–water partition coefficient (Wildman–Crippen LogP) is 3.56. The predicted molar refractivity (Wildman–Crippen MR) is 81.4 cm³/mol. The Labute approximate surface area is 122 Å². The van der Waals surface area contributed by atoms with Gasteiger partial charge < -0.3 is 4.74 Å². The summed E-state index contributed by atoms with van der Waals surface area (Å²) in [4.78, 5) is 16.4. The van der Waals surface area contributed by atoms with Crippen molar-refractivity contribution in [2.45, 2.75) is 33.3 Å². The van der Waals surface area contributed by atoms with E-state index < -0.39 is 6.10 Å². The molecular formula is C15H18N2O2S. The van der Waals surface area contributed by atoms with E-state index in [4.69, 9.17) is 4.74 Å². The Morgan fingerprint density at radius 3 is 2.85 bits per heavy atom. The monoisotopic (exact) mass is 290 g/mol. The Morgan fingerprint density at radius 2 is 2.25 bits per heavy atom. The van der Waals surface area contributed by atoms with Gasteiger partial charge in [0.25, 0.3) is 5.91 Å². The first-order chi connectivity index (χ1) is 9.58. The van der Waals surface area contributed by atoms with Gasteiger partial charge in [-0.1, -0.05) is 19.1 Å². The zero-order chi connectivity index (χ0) is 14.5. The number of carbonyl (C=O) groups is 1. The highest BCUT2D eigenvalue weighted by atomic mass is 32.1. The van der Waals surface area contributed by atoms with E-state index in [0.29, 0.717) is 17.3 Å². The molecule has 1 atom stereocenters. The lowest BCUT2D eigenvalue weighted by molar-refractivity contribution is -0.122. The molecule has 4 nitrogen and oxygen atoms in total. The van der Waals surface area contributed by atoms with Crippen LogP contribution in [0.15, 0.2) is 29.6 Å². The molecule has 1 heterocycles. The summed E-state index contributed by atoms with van der Waals surface area (Å²) < 4.78 is 5.75. The SMILES string of the molecule is CC[C@@H](Oc1cccc(C)c1)C(=O)Nc1nc(C)cs1. The van der Waals surface area contributed by atoms with E-state index in [9.17, 15) is 4.79 Å². The zero-order valence-electron chi connectivity index (χ0n) is 11.8. The van der Waals surface area contributed by atoms with Crippen molar-refractivity contribution in [3.63, 3.8) is 0 Å². The Bertz CT molecular complexity index is 595. The van der Waals surface area contributed by atoms with Crippen molar-refractivity contribution in [1.82, 2.24) is 4.98 Å². The van der Waals surface area contributed by atoms with Crippen LogP contribution >= 0.6 is 11.3 Å². The number of ether oxygens (including phenoxy) is 1. The van der Waals surface area contributed by atoms with Crippen LogP contribution in [-0.2, 0) is 4.79 Å². The highest BCUT2D eigenvalue weighted by Gasteiger charge is 2.19. The molecular weight excluding hydrogens is 272 g/mol. The third-order valence-electron chi connectivity index (χ3n) is 2.78. The molecule has 1 aromatic heterocycles. The highest BCUT2D eigenvalue weighted by Crippen LogP contribution is 2.18. The molecule has 2 aromatic rings. The van der Waals surface area contributed by atoms with Crippen molar-refractivity contribution in [2.24, 2.45) is 0 Å². The number of amides is 1. The topological polar surface area (TPSA) is 51.2 Å². The van der Waals surface area contributed by atoms with E-state index in [1.165, 1.54) is 11.3 Å². The fourth-order valence-electron chi connectivity index (χ4n) is 1.77. The second-order valence-electron chi connectivity index (χ2n) is 4.61. The van der Waals surface area contributed by atoms with Gasteiger partial charge >= 0.3 is 0 Å². The molecule has 0 bridgehead atoms. The van der Waals surface area contributed by atoms with Crippen LogP contribution in [0.25, 0.3) is 0 Å². The van der Waals surface area contributed by atoms with Gasteiger partial charge in [-0.2, -0.15) is 0 Å². The van der Waals surface area contributed by atoms with Crippen molar-refractivity contribution in [3.05, 3.63) is 40.9 Å².